The summed E-state index contributed by atoms with van der Waals surface area (Å²) in [7, 11) is 1.62. The zero-order chi connectivity index (χ0) is 13.4. The summed E-state index contributed by atoms with van der Waals surface area (Å²) in [6.07, 6.45) is 0.968. The number of methoxy groups -OCH3 is 1. The molecule has 0 fully saturated rings. The molecule has 1 aromatic rings. The Balaban J connectivity index is 2.42. The number of amides is 1. The van der Waals surface area contributed by atoms with E-state index in [-0.39, 0.29) is 18.0 Å². The van der Waals surface area contributed by atoms with E-state index in [0.717, 1.165) is 6.42 Å². The number of nitrogens with one attached hydrogen (secondary N) is 2. The van der Waals surface area contributed by atoms with E-state index in [2.05, 4.69) is 29.0 Å². The minimum atomic E-state index is -0.200. The molecule has 2 unspecified atom stereocenters. The molecule has 5 heteroatoms. The number of hydrogen-bond acceptors (Lipinski definition) is 4. The molecule has 0 radical (unpaired) electrons. The van der Waals surface area contributed by atoms with Crippen molar-refractivity contribution in [3.63, 3.8) is 0 Å². The standard InChI is InChI=1S/C13H22N2O2S/c1-4-11(12-6-5-9-18-12)15-10(2)13(16)14-7-8-17-3/h5-6,9-11,15H,4,7-8H2,1-3H3,(H,14,16). The summed E-state index contributed by atoms with van der Waals surface area (Å²) >= 11 is 1.72. The van der Waals surface area contributed by atoms with Gasteiger partial charge in [-0.25, -0.2) is 0 Å². The third-order valence-electron chi connectivity index (χ3n) is 2.74. The maximum Gasteiger partial charge on any atom is 0.236 e. The van der Waals surface area contributed by atoms with Crippen molar-refractivity contribution in [3.8, 4) is 0 Å². The number of thiophene rings is 1. The highest BCUT2D eigenvalue weighted by Crippen LogP contribution is 2.22. The van der Waals surface area contributed by atoms with Crippen LogP contribution >= 0.6 is 11.3 Å². The lowest BCUT2D eigenvalue weighted by Gasteiger charge is -2.20. The van der Waals surface area contributed by atoms with Crippen molar-refractivity contribution < 1.29 is 9.53 Å². The van der Waals surface area contributed by atoms with E-state index in [1.807, 2.05) is 13.0 Å². The molecule has 0 aliphatic carbocycles. The molecule has 102 valence electrons. The predicted molar refractivity (Wildman–Crippen MR) is 74.8 cm³/mol. The first-order chi connectivity index (χ1) is 8.69. The van der Waals surface area contributed by atoms with Crippen LogP contribution in [0, 0.1) is 0 Å². The number of carbonyl (C=O) groups is 1. The SMILES string of the molecule is CCC(NC(C)C(=O)NCCOC)c1cccs1. The second kappa shape index (κ2) is 8.24. The normalized spacial score (nSPS) is 14.2. The van der Waals surface area contributed by atoms with Crippen LogP contribution in [-0.4, -0.2) is 32.2 Å². The Morgan fingerprint density at radius 2 is 2.33 bits per heavy atom. The fraction of sp³-hybridized carbons (Fsp3) is 0.615. The largest absolute Gasteiger partial charge is 0.383 e. The molecule has 1 heterocycles. The lowest BCUT2D eigenvalue weighted by molar-refractivity contribution is -0.123. The van der Waals surface area contributed by atoms with Gasteiger partial charge in [-0.3, -0.25) is 10.1 Å². The van der Waals surface area contributed by atoms with Crippen molar-refractivity contribution >= 4 is 17.2 Å². The van der Waals surface area contributed by atoms with E-state index < -0.39 is 0 Å². The number of ether oxygens (including phenoxy) is 1. The third-order valence-corrected chi connectivity index (χ3v) is 3.73. The Morgan fingerprint density at radius 1 is 1.56 bits per heavy atom. The first-order valence-electron chi connectivity index (χ1n) is 6.25. The van der Waals surface area contributed by atoms with E-state index in [1.54, 1.807) is 18.4 Å². The zero-order valence-corrected chi connectivity index (χ0v) is 12.0. The average Bonchev–Trinajstić information content (AvgIpc) is 2.89. The van der Waals surface area contributed by atoms with E-state index in [1.165, 1.54) is 4.88 Å². The lowest BCUT2D eigenvalue weighted by atomic mass is 10.1. The maximum atomic E-state index is 11.8. The van der Waals surface area contributed by atoms with Crippen molar-refractivity contribution in [1.82, 2.24) is 10.6 Å². The lowest BCUT2D eigenvalue weighted by Crippen LogP contribution is -2.44. The zero-order valence-electron chi connectivity index (χ0n) is 11.2. The fourth-order valence-electron chi connectivity index (χ4n) is 1.70. The first kappa shape index (κ1) is 15.1. The van der Waals surface area contributed by atoms with Gasteiger partial charge in [-0.1, -0.05) is 13.0 Å². The second-order valence-electron chi connectivity index (χ2n) is 4.15. The molecule has 0 saturated carbocycles. The molecule has 18 heavy (non-hydrogen) atoms. The summed E-state index contributed by atoms with van der Waals surface area (Å²) < 4.78 is 4.90. The second-order valence-corrected chi connectivity index (χ2v) is 5.13. The molecule has 0 bridgehead atoms. The van der Waals surface area contributed by atoms with Crippen molar-refractivity contribution in [2.45, 2.75) is 32.4 Å². The van der Waals surface area contributed by atoms with E-state index in [4.69, 9.17) is 4.74 Å². The summed E-state index contributed by atoms with van der Waals surface area (Å²) in [5.74, 6) is 0.0158. The number of carbonyl (C=O) groups excluding carboxylic acids is 1. The van der Waals surface area contributed by atoms with Gasteiger partial charge in [0.05, 0.1) is 12.6 Å². The smallest absolute Gasteiger partial charge is 0.236 e. The molecule has 4 nitrogen and oxygen atoms in total. The number of hydrogen-bond donors (Lipinski definition) is 2. The molecule has 1 rings (SSSR count). The van der Waals surface area contributed by atoms with Crippen molar-refractivity contribution in [2.24, 2.45) is 0 Å². The Kier molecular flexibility index (Phi) is 6.93. The quantitative estimate of drug-likeness (QED) is 0.710. The van der Waals surface area contributed by atoms with Crippen LogP contribution in [0.4, 0.5) is 0 Å². The minimum absolute atomic E-state index is 0.0158. The van der Waals surface area contributed by atoms with Gasteiger partial charge in [0, 0.05) is 24.6 Å². The van der Waals surface area contributed by atoms with Crippen LogP contribution in [0.2, 0.25) is 0 Å². The Morgan fingerprint density at radius 3 is 2.89 bits per heavy atom. The molecule has 1 aromatic heterocycles. The molecular weight excluding hydrogens is 248 g/mol. The summed E-state index contributed by atoms with van der Waals surface area (Å²) in [5.41, 5.74) is 0. The van der Waals surface area contributed by atoms with Crippen LogP contribution in [0.3, 0.4) is 0 Å². The molecule has 2 atom stereocenters. The predicted octanol–water partition coefficient (Wildman–Crippen LogP) is 1.94. The van der Waals surface area contributed by atoms with E-state index in [9.17, 15) is 4.79 Å². The highest BCUT2D eigenvalue weighted by atomic mass is 32.1. The van der Waals surface area contributed by atoms with Crippen LogP contribution in [0.5, 0.6) is 0 Å². The van der Waals surface area contributed by atoms with Crippen molar-refractivity contribution in [3.05, 3.63) is 22.4 Å². The van der Waals surface area contributed by atoms with Gasteiger partial charge in [0.15, 0.2) is 0 Å². The Labute approximate surface area is 113 Å². The summed E-state index contributed by atoms with van der Waals surface area (Å²) in [5, 5.41) is 8.25. The van der Waals surface area contributed by atoms with Crippen LogP contribution in [0.15, 0.2) is 17.5 Å². The van der Waals surface area contributed by atoms with Crippen LogP contribution in [0.25, 0.3) is 0 Å². The maximum absolute atomic E-state index is 11.8. The summed E-state index contributed by atoms with van der Waals surface area (Å²) in [6, 6.07) is 4.18. The Bertz CT molecular complexity index is 341. The van der Waals surface area contributed by atoms with Crippen LogP contribution in [0.1, 0.15) is 31.2 Å². The van der Waals surface area contributed by atoms with E-state index in [0.29, 0.717) is 13.2 Å². The first-order valence-corrected chi connectivity index (χ1v) is 7.13. The highest BCUT2D eigenvalue weighted by molar-refractivity contribution is 7.10. The van der Waals surface area contributed by atoms with Gasteiger partial charge < -0.3 is 10.1 Å². The van der Waals surface area contributed by atoms with Crippen LogP contribution in [-0.2, 0) is 9.53 Å². The molecule has 0 spiro atoms. The minimum Gasteiger partial charge on any atom is -0.383 e. The molecule has 0 aliphatic rings. The van der Waals surface area contributed by atoms with E-state index >= 15 is 0 Å². The van der Waals surface area contributed by atoms with Gasteiger partial charge in [0.2, 0.25) is 5.91 Å². The van der Waals surface area contributed by atoms with Gasteiger partial charge in [-0.2, -0.15) is 0 Å². The number of rotatable bonds is 8. The van der Waals surface area contributed by atoms with Gasteiger partial charge in [0.1, 0.15) is 0 Å². The molecule has 0 aliphatic heterocycles. The van der Waals surface area contributed by atoms with Gasteiger partial charge in [-0.15, -0.1) is 11.3 Å². The molecule has 2 N–H and O–H groups in total. The Hall–Kier alpha value is -0.910. The summed E-state index contributed by atoms with van der Waals surface area (Å²) in [6.45, 7) is 5.10. The van der Waals surface area contributed by atoms with Gasteiger partial charge >= 0.3 is 0 Å². The molecular formula is C13H22N2O2S. The monoisotopic (exact) mass is 270 g/mol. The summed E-state index contributed by atoms with van der Waals surface area (Å²) in [4.78, 5) is 13.1. The van der Waals surface area contributed by atoms with Crippen LogP contribution < -0.4 is 10.6 Å². The fourth-order valence-corrected chi connectivity index (χ4v) is 2.57. The van der Waals surface area contributed by atoms with Gasteiger partial charge in [0.25, 0.3) is 0 Å². The average molecular weight is 270 g/mol. The molecule has 1 amide bonds. The van der Waals surface area contributed by atoms with Crippen molar-refractivity contribution in [2.75, 3.05) is 20.3 Å². The topological polar surface area (TPSA) is 50.4 Å². The van der Waals surface area contributed by atoms with Crippen molar-refractivity contribution in [1.29, 1.82) is 0 Å². The molecule has 0 aromatic carbocycles. The van der Waals surface area contributed by atoms with Gasteiger partial charge in [-0.05, 0) is 24.8 Å². The molecule has 0 saturated heterocycles. The third kappa shape index (κ3) is 4.76. The highest BCUT2D eigenvalue weighted by Gasteiger charge is 2.18.